The Bertz CT molecular complexity index is 606. The topological polar surface area (TPSA) is 29.9 Å². The Morgan fingerprint density at radius 2 is 2.20 bits per heavy atom. The maximum Gasteiger partial charge on any atom is 0.0635 e. The molecule has 0 saturated carbocycles. The van der Waals surface area contributed by atoms with Gasteiger partial charge in [0.15, 0.2) is 0 Å². The van der Waals surface area contributed by atoms with E-state index in [1.807, 2.05) is 6.20 Å². The fourth-order valence-corrected chi connectivity index (χ4v) is 3.61. The first kappa shape index (κ1) is 13.7. The Kier molecular flexibility index (Phi) is 3.83. The smallest absolute Gasteiger partial charge is 0.0635 e. The van der Waals surface area contributed by atoms with Gasteiger partial charge < -0.3 is 5.32 Å². The fourth-order valence-electron chi connectivity index (χ4n) is 3.15. The summed E-state index contributed by atoms with van der Waals surface area (Å²) in [4.78, 5) is 0. The minimum atomic E-state index is 0.520. The van der Waals surface area contributed by atoms with Gasteiger partial charge in [-0.05, 0) is 60.2 Å². The minimum absolute atomic E-state index is 0.520. The lowest BCUT2D eigenvalue weighted by atomic mass is 9.84. The molecule has 1 N–H and O–H groups in total. The standard InChI is InChI=1S/C16H20BrN3/c1-3-20-16(14(17)10-18-20)9-12-8-11(2)19-15-7-5-4-6-13(12)15/h4-7,10-12,19H,3,8-9H2,1-2H3. The number of nitrogens with one attached hydrogen (secondary N) is 1. The second kappa shape index (κ2) is 5.60. The van der Waals surface area contributed by atoms with Gasteiger partial charge in [0, 0.05) is 18.3 Å². The van der Waals surface area contributed by atoms with Crippen molar-refractivity contribution in [2.45, 2.75) is 45.2 Å². The normalized spacial score (nSPS) is 21.4. The van der Waals surface area contributed by atoms with Crippen molar-refractivity contribution >= 4 is 21.6 Å². The SMILES string of the molecule is CCn1ncc(Br)c1CC1CC(C)Nc2ccccc21. The Morgan fingerprint density at radius 3 is 3.00 bits per heavy atom. The summed E-state index contributed by atoms with van der Waals surface area (Å²) >= 11 is 3.64. The van der Waals surface area contributed by atoms with Crippen LogP contribution in [0.3, 0.4) is 0 Å². The molecule has 0 amide bonds. The molecule has 4 heteroatoms. The van der Waals surface area contributed by atoms with Crippen LogP contribution in [0.25, 0.3) is 0 Å². The Hall–Kier alpha value is -1.29. The summed E-state index contributed by atoms with van der Waals surface area (Å²) in [6, 6.07) is 9.19. The van der Waals surface area contributed by atoms with Gasteiger partial charge >= 0.3 is 0 Å². The zero-order valence-electron chi connectivity index (χ0n) is 11.9. The Labute approximate surface area is 128 Å². The second-order valence-corrected chi connectivity index (χ2v) is 6.38. The fraction of sp³-hybridized carbons (Fsp3) is 0.438. The number of aromatic nitrogens is 2. The van der Waals surface area contributed by atoms with E-state index in [0.29, 0.717) is 12.0 Å². The number of nitrogens with zero attached hydrogens (tertiary/aromatic N) is 2. The zero-order chi connectivity index (χ0) is 14.1. The quantitative estimate of drug-likeness (QED) is 0.912. The Balaban J connectivity index is 1.93. The van der Waals surface area contributed by atoms with Crippen LogP contribution in [0.4, 0.5) is 5.69 Å². The number of para-hydroxylation sites is 1. The van der Waals surface area contributed by atoms with E-state index in [9.17, 15) is 0 Å². The molecule has 1 aliphatic rings. The van der Waals surface area contributed by atoms with Crippen molar-refractivity contribution in [2.24, 2.45) is 0 Å². The summed E-state index contributed by atoms with van der Waals surface area (Å²) < 4.78 is 3.22. The van der Waals surface area contributed by atoms with Crippen molar-refractivity contribution in [3.8, 4) is 0 Å². The molecule has 2 unspecified atom stereocenters. The summed E-state index contributed by atoms with van der Waals surface area (Å²) in [5, 5.41) is 8.01. The summed E-state index contributed by atoms with van der Waals surface area (Å²) in [6.07, 6.45) is 4.12. The first-order valence-corrected chi connectivity index (χ1v) is 8.04. The highest BCUT2D eigenvalue weighted by atomic mass is 79.9. The molecule has 3 rings (SSSR count). The maximum atomic E-state index is 4.43. The van der Waals surface area contributed by atoms with Gasteiger partial charge in [0.2, 0.25) is 0 Å². The summed E-state index contributed by atoms with van der Waals surface area (Å²) in [7, 11) is 0. The van der Waals surface area contributed by atoms with E-state index in [2.05, 4.69) is 69.1 Å². The first-order chi connectivity index (χ1) is 9.69. The summed E-state index contributed by atoms with van der Waals surface area (Å²) in [6.45, 7) is 5.32. The first-order valence-electron chi connectivity index (χ1n) is 7.24. The zero-order valence-corrected chi connectivity index (χ0v) is 13.5. The monoisotopic (exact) mass is 333 g/mol. The van der Waals surface area contributed by atoms with Crippen LogP contribution in [0.15, 0.2) is 34.9 Å². The molecule has 20 heavy (non-hydrogen) atoms. The molecule has 106 valence electrons. The van der Waals surface area contributed by atoms with Gasteiger partial charge in [0.25, 0.3) is 0 Å². The van der Waals surface area contributed by atoms with Crippen molar-refractivity contribution in [1.29, 1.82) is 0 Å². The average molecular weight is 334 g/mol. The van der Waals surface area contributed by atoms with Crippen LogP contribution in [0, 0.1) is 0 Å². The van der Waals surface area contributed by atoms with Crippen molar-refractivity contribution in [3.05, 3.63) is 46.2 Å². The maximum absolute atomic E-state index is 4.43. The minimum Gasteiger partial charge on any atom is -0.382 e. The molecule has 0 radical (unpaired) electrons. The van der Waals surface area contributed by atoms with Crippen LogP contribution in [-0.4, -0.2) is 15.8 Å². The molecule has 1 aliphatic heterocycles. The van der Waals surface area contributed by atoms with Crippen molar-refractivity contribution in [2.75, 3.05) is 5.32 Å². The molecular formula is C16H20BrN3. The average Bonchev–Trinajstić information content (AvgIpc) is 2.79. The van der Waals surface area contributed by atoms with E-state index in [-0.39, 0.29) is 0 Å². The highest BCUT2D eigenvalue weighted by Gasteiger charge is 2.25. The molecule has 0 spiro atoms. The van der Waals surface area contributed by atoms with Gasteiger partial charge in [0.1, 0.15) is 0 Å². The van der Waals surface area contributed by atoms with E-state index in [1.54, 1.807) is 0 Å². The molecular weight excluding hydrogens is 314 g/mol. The van der Waals surface area contributed by atoms with Crippen LogP contribution < -0.4 is 5.32 Å². The number of aryl methyl sites for hydroxylation is 1. The third kappa shape index (κ3) is 2.49. The second-order valence-electron chi connectivity index (χ2n) is 5.52. The number of hydrogen-bond acceptors (Lipinski definition) is 2. The lowest BCUT2D eigenvalue weighted by Crippen LogP contribution is -2.26. The third-order valence-corrected chi connectivity index (χ3v) is 4.74. The number of fused-ring (bicyclic) bond motifs is 1. The van der Waals surface area contributed by atoms with Crippen molar-refractivity contribution in [3.63, 3.8) is 0 Å². The largest absolute Gasteiger partial charge is 0.382 e. The highest BCUT2D eigenvalue weighted by Crippen LogP contribution is 2.37. The molecule has 1 aromatic heterocycles. The third-order valence-electron chi connectivity index (χ3n) is 4.08. The van der Waals surface area contributed by atoms with Gasteiger partial charge in [0.05, 0.1) is 16.4 Å². The van der Waals surface area contributed by atoms with Gasteiger partial charge in [-0.1, -0.05) is 18.2 Å². The molecule has 3 nitrogen and oxygen atoms in total. The van der Waals surface area contributed by atoms with Gasteiger partial charge in [-0.3, -0.25) is 4.68 Å². The van der Waals surface area contributed by atoms with E-state index in [1.165, 1.54) is 23.4 Å². The molecule has 0 fully saturated rings. The number of halogens is 1. The summed E-state index contributed by atoms with van der Waals surface area (Å²) in [5.74, 6) is 0.556. The molecule has 2 heterocycles. The predicted octanol–water partition coefficient (Wildman–Crippen LogP) is 4.20. The van der Waals surface area contributed by atoms with Gasteiger partial charge in [-0.15, -0.1) is 0 Å². The van der Waals surface area contributed by atoms with Crippen LogP contribution in [0.2, 0.25) is 0 Å². The number of anilines is 1. The molecule has 0 aliphatic carbocycles. The molecule has 0 saturated heterocycles. The van der Waals surface area contributed by atoms with E-state index in [4.69, 9.17) is 0 Å². The van der Waals surface area contributed by atoms with Gasteiger partial charge in [-0.2, -0.15) is 5.10 Å². The van der Waals surface area contributed by atoms with Crippen LogP contribution >= 0.6 is 15.9 Å². The Morgan fingerprint density at radius 1 is 1.40 bits per heavy atom. The van der Waals surface area contributed by atoms with Gasteiger partial charge in [-0.25, -0.2) is 0 Å². The lowest BCUT2D eigenvalue weighted by Gasteiger charge is -2.31. The van der Waals surface area contributed by atoms with Crippen LogP contribution in [0.5, 0.6) is 0 Å². The molecule has 2 aromatic rings. The molecule has 1 aromatic carbocycles. The number of benzene rings is 1. The predicted molar refractivity (Wildman–Crippen MR) is 86.2 cm³/mol. The van der Waals surface area contributed by atoms with Crippen LogP contribution in [0.1, 0.15) is 37.4 Å². The van der Waals surface area contributed by atoms with E-state index < -0.39 is 0 Å². The van der Waals surface area contributed by atoms with Crippen LogP contribution in [-0.2, 0) is 13.0 Å². The molecule has 2 atom stereocenters. The molecule has 0 bridgehead atoms. The van der Waals surface area contributed by atoms with E-state index >= 15 is 0 Å². The number of hydrogen-bond donors (Lipinski definition) is 1. The van der Waals surface area contributed by atoms with E-state index in [0.717, 1.165) is 17.4 Å². The number of rotatable bonds is 3. The lowest BCUT2D eigenvalue weighted by molar-refractivity contribution is 0.521. The summed E-state index contributed by atoms with van der Waals surface area (Å²) in [5.41, 5.74) is 4.03. The van der Waals surface area contributed by atoms with Crippen molar-refractivity contribution < 1.29 is 0 Å². The van der Waals surface area contributed by atoms with Crippen molar-refractivity contribution in [1.82, 2.24) is 9.78 Å². The highest BCUT2D eigenvalue weighted by molar-refractivity contribution is 9.10.